The third-order valence-corrected chi connectivity index (χ3v) is 3.17. The van der Waals surface area contributed by atoms with Crippen LogP contribution < -0.4 is 5.32 Å². The third kappa shape index (κ3) is 1.89. The molecule has 1 saturated heterocycles. The first-order valence-electron chi connectivity index (χ1n) is 4.63. The van der Waals surface area contributed by atoms with E-state index in [2.05, 4.69) is 31.6 Å². The molecule has 0 saturated carbocycles. The van der Waals surface area contributed by atoms with Crippen molar-refractivity contribution in [3.05, 3.63) is 10.3 Å². The van der Waals surface area contributed by atoms with Crippen molar-refractivity contribution >= 4 is 21.9 Å². The zero-order chi connectivity index (χ0) is 11.0. The number of rotatable bonds is 2. The highest BCUT2D eigenvalue weighted by atomic mass is 79.9. The van der Waals surface area contributed by atoms with E-state index in [-0.39, 0.29) is 6.04 Å². The SMILES string of the molecule is Cn1nnc(Br)c1C1CCC(C(=O)O)N1. The van der Waals surface area contributed by atoms with Gasteiger partial charge < -0.3 is 5.11 Å². The lowest BCUT2D eigenvalue weighted by Gasteiger charge is -2.11. The first kappa shape index (κ1) is 10.6. The maximum atomic E-state index is 10.8. The summed E-state index contributed by atoms with van der Waals surface area (Å²) in [5, 5.41) is 19.6. The second-order valence-electron chi connectivity index (χ2n) is 3.58. The predicted molar refractivity (Wildman–Crippen MR) is 55.2 cm³/mol. The molecule has 1 aromatic heterocycles. The summed E-state index contributed by atoms with van der Waals surface area (Å²) in [6, 6.07) is -0.447. The smallest absolute Gasteiger partial charge is 0.320 e. The van der Waals surface area contributed by atoms with Gasteiger partial charge in [0, 0.05) is 7.05 Å². The fraction of sp³-hybridized carbons (Fsp3) is 0.625. The molecule has 2 unspecified atom stereocenters. The monoisotopic (exact) mass is 274 g/mol. The molecule has 2 N–H and O–H groups in total. The molecule has 0 radical (unpaired) electrons. The largest absolute Gasteiger partial charge is 0.480 e. The lowest BCUT2D eigenvalue weighted by atomic mass is 10.1. The first-order valence-corrected chi connectivity index (χ1v) is 5.43. The van der Waals surface area contributed by atoms with Crippen LogP contribution in [0.2, 0.25) is 0 Å². The Bertz CT molecular complexity index is 372. The van der Waals surface area contributed by atoms with Crippen LogP contribution in [0.5, 0.6) is 0 Å². The molecular weight excluding hydrogens is 264 g/mol. The van der Waals surface area contributed by atoms with Gasteiger partial charge in [-0.1, -0.05) is 5.21 Å². The Kier molecular flexibility index (Phi) is 2.74. The predicted octanol–water partition coefficient (Wildman–Crippen LogP) is 0.455. The summed E-state index contributed by atoms with van der Waals surface area (Å²) in [6.45, 7) is 0. The van der Waals surface area contributed by atoms with E-state index in [0.29, 0.717) is 11.0 Å². The second-order valence-corrected chi connectivity index (χ2v) is 4.33. The number of aliphatic carboxylic acids is 1. The highest BCUT2D eigenvalue weighted by Gasteiger charge is 2.32. The molecule has 0 aromatic carbocycles. The molecule has 1 aromatic rings. The summed E-state index contributed by atoms with van der Waals surface area (Å²) in [6.07, 6.45) is 1.42. The van der Waals surface area contributed by atoms with E-state index in [1.54, 1.807) is 11.7 Å². The lowest BCUT2D eigenvalue weighted by molar-refractivity contribution is -0.139. The van der Waals surface area contributed by atoms with Crippen LogP contribution in [0.25, 0.3) is 0 Å². The van der Waals surface area contributed by atoms with Gasteiger partial charge >= 0.3 is 5.97 Å². The van der Waals surface area contributed by atoms with E-state index >= 15 is 0 Å². The number of aromatic nitrogens is 3. The van der Waals surface area contributed by atoms with Crippen molar-refractivity contribution in [1.29, 1.82) is 0 Å². The molecule has 7 heteroatoms. The minimum absolute atomic E-state index is 0.0143. The van der Waals surface area contributed by atoms with E-state index < -0.39 is 12.0 Å². The summed E-state index contributed by atoms with van der Waals surface area (Å²) >= 11 is 3.30. The minimum atomic E-state index is -0.802. The quantitative estimate of drug-likeness (QED) is 0.819. The van der Waals surface area contributed by atoms with Crippen molar-refractivity contribution in [3.63, 3.8) is 0 Å². The molecule has 1 aliphatic rings. The fourth-order valence-corrected chi connectivity index (χ4v) is 2.47. The van der Waals surface area contributed by atoms with Crippen LogP contribution in [0.1, 0.15) is 24.6 Å². The fourth-order valence-electron chi connectivity index (χ4n) is 1.86. The molecular formula is C8H11BrN4O2. The van der Waals surface area contributed by atoms with E-state index in [1.165, 1.54) is 0 Å². The standard InChI is InChI=1S/C8H11BrN4O2/c1-13-6(7(9)11-12-13)4-2-3-5(10-4)8(14)15/h4-5,10H,2-3H2,1H3,(H,14,15). The Morgan fingerprint density at radius 2 is 2.40 bits per heavy atom. The first-order chi connectivity index (χ1) is 7.09. The van der Waals surface area contributed by atoms with Crippen molar-refractivity contribution in [3.8, 4) is 0 Å². The van der Waals surface area contributed by atoms with Gasteiger partial charge in [-0.3, -0.25) is 10.1 Å². The molecule has 0 amide bonds. The van der Waals surface area contributed by atoms with E-state index in [9.17, 15) is 4.79 Å². The number of carboxylic acid groups (broad SMARTS) is 1. The Balaban J connectivity index is 2.17. The van der Waals surface area contributed by atoms with Gasteiger partial charge in [-0.25, -0.2) is 4.68 Å². The lowest BCUT2D eigenvalue weighted by Crippen LogP contribution is -2.32. The topological polar surface area (TPSA) is 80.0 Å². The number of halogens is 1. The molecule has 2 atom stereocenters. The summed E-state index contributed by atoms with van der Waals surface area (Å²) in [7, 11) is 1.79. The highest BCUT2D eigenvalue weighted by molar-refractivity contribution is 9.10. The Labute approximate surface area is 94.8 Å². The minimum Gasteiger partial charge on any atom is -0.480 e. The number of nitrogens with one attached hydrogen (secondary N) is 1. The maximum Gasteiger partial charge on any atom is 0.320 e. The number of hydrogen-bond donors (Lipinski definition) is 2. The summed E-state index contributed by atoms with van der Waals surface area (Å²) in [5.41, 5.74) is 0.902. The second kappa shape index (κ2) is 3.90. The maximum absolute atomic E-state index is 10.8. The molecule has 0 bridgehead atoms. The van der Waals surface area contributed by atoms with E-state index in [4.69, 9.17) is 5.11 Å². The summed E-state index contributed by atoms with van der Waals surface area (Å²) in [5.74, 6) is -0.802. The molecule has 82 valence electrons. The van der Waals surface area contributed by atoms with Crippen molar-refractivity contribution in [2.75, 3.05) is 0 Å². The van der Waals surface area contributed by atoms with Crippen LogP contribution in [0, 0.1) is 0 Å². The number of aryl methyl sites for hydroxylation is 1. The number of carbonyl (C=O) groups is 1. The highest BCUT2D eigenvalue weighted by Crippen LogP contribution is 2.29. The average Bonchev–Trinajstić information content (AvgIpc) is 2.73. The van der Waals surface area contributed by atoms with Crippen LogP contribution in [0.3, 0.4) is 0 Å². The Hall–Kier alpha value is -0.950. The summed E-state index contributed by atoms with van der Waals surface area (Å²) < 4.78 is 2.33. The molecule has 0 spiro atoms. The molecule has 15 heavy (non-hydrogen) atoms. The Morgan fingerprint density at radius 3 is 2.87 bits per heavy atom. The number of nitrogens with zero attached hydrogens (tertiary/aromatic N) is 3. The number of carboxylic acids is 1. The van der Waals surface area contributed by atoms with Gasteiger partial charge in [0.2, 0.25) is 0 Å². The van der Waals surface area contributed by atoms with Crippen molar-refractivity contribution in [2.24, 2.45) is 7.05 Å². The van der Waals surface area contributed by atoms with Crippen molar-refractivity contribution in [2.45, 2.75) is 24.9 Å². The van der Waals surface area contributed by atoms with Gasteiger partial charge in [-0.2, -0.15) is 0 Å². The number of hydrogen-bond acceptors (Lipinski definition) is 4. The van der Waals surface area contributed by atoms with E-state index in [1.807, 2.05) is 0 Å². The molecule has 2 heterocycles. The van der Waals surface area contributed by atoms with Crippen molar-refractivity contribution < 1.29 is 9.90 Å². The third-order valence-electron chi connectivity index (χ3n) is 2.60. The van der Waals surface area contributed by atoms with Gasteiger partial charge in [-0.15, -0.1) is 5.10 Å². The molecule has 6 nitrogen and oxygen atoms in total. The molecule has 0 aliphatic carbocycles. The molecule has 1 fully saturated rings. The normalized spacial score (nSPS) is 25.7. The van der Waals surface area contributed by atoms with Gasteiger partial charge in [0.05, 0.1) is 11.7 Å². The average molecular weight is 275 g/mol. The van der Waals surface area contributed by atoms with Crippen LogP contribution in [0.15, 0.2) is 4.60 Å². The van der Waals surface area contributed by atoms with E-state index in [0.717, 1.165) is 12.1 Å². The molecule has 1 aliphatic heterocycles. The van der Waals surface area contributed by atoms with Crippen LogP contribution >= 0.6 is 15.9 Å². The van der Waals surface area contributed by atoms with Gasteiger partial charge in [-0.05, 0) is 28.8 Å². The Morgan fingerprint density at radius 1 is 1.67 bits per heavy atom. The van der Waals surface area contributed by atoms with Gasteiger partial charge in [0.15, 0.2) is 4.60 Å². The molecule has 2 rings (SSSR count). The van der Waals surface area contributed by atoms with Crippen molar-refractivity contribution in [1.82, 2.24) is 20.3 Å². The van der Waals surface area contributed by atoms with Gasteiger partial charge in [0.25, 0.3) is 0 Å². The summed E-state index contributed by atoms with van der Waals surface area (Å²) in [4.78, 5) is 10.8. The zero-order valence-corrected chi connectivity index (χ0v) is 9.73. The van der Waals surface area contributed by atoms with Crippen LogP contribution in [0.4, 0.5) is 0 Å². The van der Waals surface area contributed by atoms with Gasteiger partial charge in [0.1, 0.15) is 6.04 Å². The van der Waals surface area contributed by atoms with Crippen LogP contribution in [-0.4, -0.2) is 32.1 Å². The van der Waals surface area contributed by atoms with Crippen LogP contribution in [-0.2, 0) is 11.8 Å². The zero-order valence-electron chi connectivity index (χ0n) is 8.14.